The Hall–Kier alpha value is 0.698. The van der Waals surface area contributed by atoms with Gasteiger partial charge < -0.3 is 17.3 Å². The Morgan fingerprint density at radius 3 is 1.00 bits per heavy atom. The zero-order chi connectivity index (χ0) is 6.50. The van der Waals surface area contributed by atoms with Crippen LogP contribution < -0.4 is 0 Å². The molecule has 0 N–H and O–H groups in total. The van der Waals surface area contributed by atoms with Crippen LogP contribution in [0, 0.1) is 0 Å². The van der Waals surface area contributed by atoms with Gasteiger partial charge in [0, 0.05) is 0 Å². The molecule has 0 bridgehead atoms. The van der Waals surface area contributed by atoms with Crippen molar-refractivity contribution >= 4 is 16.9 Å². The first-order chi connectivity index (χ1) is 3.00. The molecule has 0 radical (unpaired) electrons. The standard InChI is InChI=1S/BF4.ClH.Ru/c2-1(3,4)5;;/h;1H;/q-1;;+2/p-1. The Morgan fingerprint density at radius 1 is 1.00 bits per heavy atom. The summed E-state index contributed by atoms with van der Waals surface area (Å²) in [5.74, 6) is 0. The summed E-state index contributed by atoms with van der Waals surface area (Å²) in [6.07, 6.45) is 0. The zero-order valence-corrected chi connectivity index (χ0v) is 5.31. The van der Waals surface area contributed by atoms with Crippen LogP contribution in [0.15, 0.2) is 0 Å². The summed E-state index contributed by atoms with van der Waals surface area (Å²) >= 11 is 1.82. The van der Waals surface area contributed by atoms with Crippen molar-refractivity contribution in [1.29, 1.82) is 0 Å². The van der Waals surface area contributed by atoms with Gasteiger partial charge in [-0.1, -0.05) is 0 Å². The molecular weight excluding hydrogens is 223 g/mol. The molecule has 0 spiro atoms. The van der Waals surface area contributed by atoms with Gasteiger partial charge in [-0.25, -0.2) is 0 Å². The maximum atomic E-state index is 9.75. The van der Waals surface area contributed by atoms with Crippen LogP contribution >= 0.6 is 9.69 Å². The summed E-state index contributed by atoms with van der Waals surface area (Å²) in [4.78, 5) is 0. The third-order valence-electron chi connectivity index (χ3n) is 0. The van der Waals surface area contributed by atoms with Gasteiger partial charge in [0.25, 0.3) is 0 Å². The maximum absolute atomic E-state index is 9.75. The van der Waals surface area contributed by atoms with E-state index >= 15 is 0 Å². The van der Waals surface area contributed by atoms with E-state index in [0.717, 1.165) is 0 Å². The van der Waals surface area contributed by atoms with Crippen LogP contribution in [-0.4, -0.2) is 7.25 Å². The van der Waals surface area contributed by atoms with Gasteiger partial charge >= 0.3 is 34.3 Å². The Morgan fingerprint density at radius 2 is 1.00 bits per heavy atom. The van der Waals surface area contributed by atoms with E-state index < -0.39 is 7.25 Å². The summed E-state index contributed by atoms with van der Waals surface area (Å²) in [5.41, 5.74) is 0. The van der Waals surface area contributed by atoms with Gasteiger partial charge in [0.15, 0.2) is 0 Å². The SMILES string of the molecule is F[B-](F)(F)F.[Cl][Ru+]. The molecule has 0 amide bonds. The van der Waals surface area contributed by atoms with Crippen molar-refractivity contribution in [2.24, 2.45) is 0 Å². The Bertz CT molecular complexity index is 27.2. The van der Waals surface area contributed by atoms with Crippen molar-refractivity contribution < 1.29 is 34.6 Å². The van der Waals surface area contributed by atoms with E-state index in [4.69, 9.17) is 0 Å². The Kier molecular flexibility index (Phi) is 7.37. The molecule has 0 rings (SSSR count). The molecule has 0 aliphatic heterocycles. The average molecular weight is 223 g/mol. The van der Waals surface area contributed by atoms with Crippen LogP contribution in [0.1, 0.15) is 0 Å². The molecule has 0 fully saturated rings. The molecule has 0 aromatic rings. The molecule has 7 heavy (non-hydrogen) atoms. The average Bonchev–Trinajstić information content (AvgIpc) is 1.36. The van der Waals surface area contributed by atoms with Crippen LogP contribution in [0.4, 0.5) is 17.3 Å². The van der Waals surface area contributed by atoms with Gasteiger partial charge in [-0.15, -0.1) is 0 Å². The molecule has 0 aliphatic rings. The molecule has 0 aromatic heterocycles. The van der Waals surface area contributed by atoms with Crippen molar-refractivity contribution in [3.8, 4) is 0 Å². The van der Waals surface area contributed by atoms with Gasteiger partial charge in [-0.2, -0.15) is 0 Å². The molecular formula is BClF4Ru. The summed E-state index contributed by atoms with van der Waals surface area (Å²) in [6, 6.07) is 0. The summed E-state index contributed by atoms with van der Waals surface area (Å²) in [6.45, 7) is 0. The zero-order valence-electron chi connectivity index (χ0n) is 2.82. The van der Waals surface area contributed by atoms with E-state index in [1.807, 2.05) is 17.3 Å². The van der Waals surface area contributed by atoms with Crippen molar-refractivity contribution in [2.45, 2.75) is 0 Å². The minimum atomic E-state index is -6.00. The number of rotatable bonds is 0. The topological polar surface area (TPSA) is 0 Å². The summed E-state index contributed by atoms with van der Waals surface area (Å²) < 4.78 is 39.0. The van der Waals surface area contributed by atoms with E-state index in [0.29, 0.717) is 0 Å². The first-order valence-corrected chi connectivity index (χ1v) is 3.24. The van der Waals surface area contributed by atoms with Crippen LogP contribution in [-0.2, 0) is 17.3 Å². The minimum absolute atomic E-state index is 1.82. The third-order valence-corrected chi connectivity index (χ3v) is 0. The van der Waals surface area contributed by atoms with Gasteiger partial charge in [0.1, 0.15) is 0 Å². The first-order valence-electron chi connectivity index (χ1n) is 1.01. The van der Waals surface area contributed by atoms with Gasteiger partial charge in [-0.05, 0) is 0 Å². The molecule has 0 aliphatic carbocycles. The quantitative estimate of drug-likeness (QED) is 0.435. The molecule has 0 nitrogen and oxygen atoms in total. The fourth-order valence-electron chi connectivity index (χ4n) is 0. The van der Waals surface area contributed by atoms with Crippen LogP contribution in [0.3, 0.4) is 0 Å². The van der Waals surface area contributed by atoms with Gasteiger partial charge in [-0.3, -0.25) is 0 Å². The summed E-state index contributed by atoms with van der Waals surface area (Å²) in [7, 11) is -1.43. The summed E-state index contributed by atoms with van der Waals surface area (Å²) in [5, 5.41) is 0. The van der Waals surface area contributed by atoms with Gasteiger partial charge in [0.2, 0.25) is 0 Å². The fraction of sp³-hybridized carbons (Fsp3) is 0. The number of hydrogen-bond acceptors (Lipinski definition) is 0. The molecule has 46 valence electrons. The number of hydrogen-bond donors (Lipinski definition) is 0. The van der Waals surface area contributed by atoms with Gasteiger partial charge in [0.05, 0.1) is 0 Å². The van der Waals surface area contributed by atoms with E-state index in [1.54, 1.807) is 0 Å². The van der Waals surface area contributed by atoms with Crippen molar-refractivity contribution in [3.05, 3.63) is 0 Å². The number of halogens is 5. The molecule has 0 atom stereocenters. The second-order valence-corrected chi connectivity index (χ2v) is 0.495. The van der Waals surface area contributed by atoms with E-state index in [9.17, 15) is 17.3 Å². The van der Waals surface area contributed by atoms with Crippen LogP contribution in [0.2, 0.25) is 0 Å². The molecule has 0 saturated carbocycles. The van der Waals surface area contributed by atoms with E-state index in [-0.39, 0.29) is 0 Å². The Labute approximate surface area is 52.0 Å². The van der Waals surface area contributed by atoms with E-state index in [2.05, 4.69) is 9.69 Å². The van der Waals surface area contributed by atoms with E-state index in [1.165, 1.54) is 0 Å². The predicted octanol–water partition coefficient (Wildman–Crippen LogP) is 1.99. The molecule has 0 heterocycles. The van der Waals surface area contributed by atoms with Crippen molar-refractivity contribution in [1.82, 2.24) is 0 Å². The first kappa shape index (κ1) is 10.6. The second-order valence-electron chi connectivity index (χ2n) is 0.495. The third kappa shape index (κ3) is 303. The Balaban J connectivity index is 0. The fourth-order valence-corrected chi connectivity index (χ4v) is 0. The molecule has 0 aromatic carbocycles. The molecule has 0 unspecified atom stereocenters. The monoisotopic (exact) mass is 224 g/mol. The van der Waals surface area contributed by atoms with Crippen molar-refractivity contribution in [3.63, 3.8) is 0 Å². The van der Waals surface area contributed by atoms with Crippen LogP contribution in [0.25, 0.3) is 0 Å². The normalized spacial score (nSPS) is 9.43. The second kappa shape index (κ2) is 4.85. The van der Waals surface area contributed by atoms with Crippen molar-refractivity contribution in [2.75, 3.05) is 0 Å². The molecule has 0 saturated heterocycles. The molecule has 7 heteroatoms. The van der Waals surface area contributed by atoms with Crippen LogP contribution in [0.5, 0.6) is 0 Å². The predicted molar refractivity (Wildman–Crippen MR) is 16.0 cm³/mol.